The van der Waals surface area contributed by atoms with E-state index in [1.165, 1.54) is 0 Å². The van der Waals surface area contributed by atoms with Crippen molar-refractivity contribution in [2.75, 3.05) is 12.3 Å². The van der Waals surface area contributed by atoms with Gasteiger partial charge in [-0.3, -0.25) is 0 Å². The van der Waals surface area contributed by atoms with Crippen LogP contribution in [0.3, 0.4) is 0 Å². The molecule has 0 spiro atoms. The Morgan fingerprint density at radius 1 is 1.29 bits per heavy atom. The first-order chi connectivity index (χ1) is 11.5. The molecule has 0 aliphatic rings. The molecule has 1 aromatic heterocycles. The number of anilines is 1. The molecule has 124 valence electrons. The first-order valence-corrected chi connectivity index (χ1v) is 8.67. The van der Waals surface area contributed by atoms with Crippen LogP contribution in [0.4, 0.5) is 5.69 Å². The number of ether oxygens (including phenoxy) is 1. The molecule has 1 heterocycles. The number of benzene rings is 2. The summed E-state index contributed by atoms with van der Waals surface area (Å²) in [6.45, 7) is 2.58. The van der Waals surface area contributed by atoms with Crippen LogP contribution in [0.2, 0.25) is 5.02 Å². The number of hydrogen-bond acceptors (Lipinski definition) is 3. The average Bonchev–Trinajstić information content (AvgIpc) is 2.92. The predicted molar refractivity (Wildman–Crippen MR) is 101 cm³/mol. The van der Waals surface area contributed by atoms with Crippen molar-refractivity contribution in [2.45, 2.75) is 13.5 Å². The number of nitrogens with two attached hydrogens (primary N) is 1. The quantitative estimate of drug-likeness (QED) is 0.496. The summed E-state index contributed by atoms with van der Waals surface area (Å²) < 4.78 is 7.96. The molecule has 0 saturated carbocycles. The highest BCUT2D eigenvalue weighted by Crippen LogP contribution is 2.33. The third kappa shape index (κ3) is 3.14. The SMILES string of the molecule is CCOC(=O)c1cc2c(N)ccc(Br)c2n1Cc1cccc(Cl)c1. The standard InChI is InChI=1S/C18H16BrClN2O2/c1-2-24-18(23)16-9-13-15(21)7-6-14(19)17(13)22(16)10-11-4-3-5-12(20)8-11/h3-9H,2,10,21H2,1H3. The molecule has 4 nitrogen and oxygen atoms in total. The van der Waals surface area contributed by atoms with Gasteiger partial charge in [-0.05, 0) is 58.7 Å². The molecule has 0 saturated heterocycles. The van der Waals surface area contributed by atoms with E-state index in [0.29, 0.717) is 29.6 Å². The number of hydrogen-bond donors (Lipinski definition) is 1. The Morgan fingerprint density at radius 3 is 2.79 bits per heavy atom. The lowest BCUT2D eigenvalue weighted by atomic mass is 10.2. The minimum atomic E-state index is -0.373. The molecule has 0 radical (unpaired) electrons. The van der Waals surface area contributed by atoms with E-state index in [1.54, 1.807) is 13.0 Å². The normalized spacial score (nSPS) is 11.0. The highest BCUT2D eigenvalue weighted by molar-refractivity contribution is 9.10. The first kappa shape index (κ1) is 16.9. The Bertz CT molecular complexity index is 921. The van der Waals surface area contributed by atoms with Crippen LogP contribution in [0.5, 0.6) is 0 Å². The number of aromatic nitrogens is 1. The third-order valence-electron chi connectivity index (χ3n) is 3.76. The molecule has 6 heteroatoms. The molecule has 0 atom stereocenters. The minimum absolute atomic E-state index is 0.314. The molecular weight excluding hydrogens is 392 g/mol. The number of nitrogens with zero attached hydrogens (tertiary/aromatic N) is 1. The van der Waals surface area contributed by atoms with Crippen LogP contribution in [0.15, 0.2) is 46.9 Å². The number of carbonyl (C=O) groups is 1. The van der Waals surface area contributed by atoms with Gasteiger partial charge in [0.15, 0.2) is 0 Å². The maximum Gasteiger partial charge on any atom is 0.354 e. The van der Waals surface area contributed by atoms with Crippen LogP contribution >= 0.6 is 27.5 Å². The number of halogens is 2. The predicted octanol–water partition coefficient (Wildman–Crippen LogP) is 4.86. The van der Waals surface area contributed by atoms with Gasteiger partial charge >= 0.3 is 5.97 Å². The van der Waals surface area contributed by atoms with Gasteiger partial charge in [-0.1, -0.05) is 23.7 Å². The monoisotopic (exact) mass is 406 g/mol. The molecule has 0 amide bonds. The van der Waals surface area contributed by atoms with Gasteiger partial charge in [-0.15, -0.1) is 0 Å². The van der Waals surface area contributed by atoms with Gasteiger partial charge in [0, 0.05) is 27.1 Å². The third-order valence-corrected chi connectivity index (χ3v) is 4.63. The Hall–Kier alpha value is -1.98. The number of rotatable bonds is 4. The van der Waals surface area contributed by atoms with Crippen molar-refractivity contribution in [3.8, 4) is 0 Å². The zero-order valence-corrected chi connectivity index (χ0v) is 15.4. The van der Waals surface area contributed by atoms with Crippen molar-refractivity contribution in [1.29, 1.82) is 0 Å². The van der Waals surface area contributed by atoms with E-state index in [-0.39, 0.29) is 5.97 Å². The Labute approximate surface area is 153 Å². The Morgan fingerprint density at radius 2 is 2.08 bits per heavy atom. The number of nitrogen functional groups attached to an aromatic ring is 1. The molecule has 2 N–H and O–H groups in total. The van der Waals surface area contributed by atoms with Gasteiger partial charge in [0.2, 0.25) is 0 Å². The molecule has 24 heavy (non-hydrogen) atoms. The summed E-state index contributed by atoms with van der Waals surface area (Å²) in [4.78, 5) is 12.4. The van der Waals surface area contributed by atoms with Crippen LogP contribution in [0, 0.1) is 0 Å². The second-order valence-electron chi connectivity index (χ2n) is 5.37. The topological polar surface area (TPSA) is 57.2 Å². The summed E-state index contributed by atoms with van der Waals surface area (Å²) >= 11 is 9.64. The van der Waals surface area contributed by atoms with Crippen LogP contribution < -0.4 is 5.73 Å². The van der Waals surface area contributed by atoms with Gasteiger partial charge in [0.05, 0.1) is 12.1 Å². The molecule has 0 unspecified atom stereocenters. The fourth-order valence-electron chi connectivity index (χ4n) is 2.71. The average molecular weight is 408 g/mol. The van der Waals surface area contributed by atoms with Crippen molar-refractivity contribution in [2.24, 2.45) is 0 Å². The number of fused-ring (bicyclic) bond motifs is 1. The molecule has 3 aromatic rings. The van der Waals surface area contributed by atoms with Gasteiger partial charge in [-0.2, -0.15) is 0 Å². The minimum Gasteiger partial charge on any atom is -0.461 e. The van der Waals surface area contributed by atoms with Crippen LogP contribution in [-0.4, -0.2) is 17.1 Å². The highest BCUT2D eigenvalue weighted by atomic mass is 79.9. The zero-order chi connectivity index (χ0) is 17.3. The maximum absolute atomic E-state index is 12.4. The van der Waals surface area contributed by atoms with Crippen LogP contribution in [-0.2, 0) is 11.3 Å². The van der Waals surface area contributed by atoms with Crippen LogP contribution in [0.25, 0.3) is 10.9 Å². The van der Waals surface area contributed by atoms with E-state index >= 15 is 0 Å². The van der Waals surface area contributed by atoms with Gasteiger partial charge in [0.1, 0.15) is 5.69 Å². The van der Waals surface area contributed by atoms with E-state index in [0.717, 1.165) is 20.9 Å². The summed E-state index contributed by atoms with van der Waals surface area (Å²) in [5.74, 6) is -0.373. The summed E-state index contributed by atoms with van der Waals surface area (Å²) in [7, 11) is 0. The highest BCUT2D eigenvalue weighted by Gasteiger charge is 2.20. The van der Waals surface area contributed by atoms with Gasteiger partial charge in [0.25, 0.3) is 0 Å². The molecule has 0 aliphatic carbocycles. The van der Waals surface area contributed by atoms with Crippen molar-refractivity contribution in [3.63, 3.8) is 0 Å². The van der Waals surface area contributed by atoms with Crippen molar-refractivity contribution >= 4 is 50.1 Å². The number of esters is 1. The van der Waals surface area contributed by atoms with E-state index in [4.69, 9.17) is 22.1 Å². The summed E-state index contributed by atoms with van der Waals surface area (Å²) in [5.41, 5.74) is 9.01. The largest absolute Gasteiger partial charge is 0.461 e. The van der Waals surface area contributed by atoms with Crippen molar-refractivity contribution < 1.29 is 9.53 Å². The molecule has 0 fully saturated rings. The first-order valence-electron chi connectivity index (χ1n) is 7.50. The molecule has 0 aliphatic heterocycles. The molecule has 3 rings (SSSR count). The Kier molecular flexibility index (Phi) is 4.83. The summed E-state index contributed by atoms with van der Waals surface area (Å²) in [6, 6.07) is 13.0. The summed E-state index contributed by atoms with van der Waals surface area (Å²) in [5, 5.41) is 1.47. The van der Waals surface area contributed by atoms with E-state index < -0.39 is 0 Å². The molecule has 0 bridgehead atoms. The second kappa shape index (κ2) is 6.87. The van der Waals surface area contributed by atoms with Crippen LogP contribution in [0.1, 0.15) is 23.0 Å². The van der Waals surface area contributed by atoms with E-state index in [9.17, 15) is 4.79 Å². The lowest BCUT2D eigenvalue weighted by Gasteiger charge is -2.12. The zero-order valence-electron chi connectivity index (χ0n) is 13.1. The van der Waals surface area contributed by atoms with E-state index in [1.807, 2.05) is 41.0 Å². The second-order valence-corrected chi connectivity index (χ2v) is 6.66. The molecule has 2 aromatic carbocycles. The lowest BCUT2D eigenvalue weighted by Crippen LogP contribution is -2.13. The fraction of sp³-hybridized carbons (Fsp3) is 0.167. The Balaban J connectivity index is 2.20. The maximum atomic E-state index is 12.4. The van der Waals surface area contributed by atoms with Gasteiger partial charge < -0.3 is 15.0 Å². The van der Waals surface area contributed by atoms with Crippen molar-refractivity contribution in [3.05, 3.63) is 63.2 Å². The fourth-order valence-corrected chi connectivity index (χ4v) is 3.49. The smallest absolute Gasteiger partial charge is 0.354 e. The lowest BCUT2D eigenvalue weighted by molar-refractivity contribution is 0.0515. The summed E-state index contributed by atoms with van der Waals surface area (Å²) in [6.07, 6.45) is 0. The number of carbonyl (C=O) groups excluding carboxylic acids is 1. The van der Waals surface area contributed by atoms with E-state index in [2.05, 4.69) is 15.9 Å². The molecular formula is C18H16BrClN2O2. The van der Waals surface area contributed by atoms with Gasteiger partial charge in [-0.25, -0.2) is 4.79 Å². The van der Waals surface area contributed by atoms with Crippen molar-refractivity contribution in [1.82, 2.24) is 4.57 Å².